The fourth-order valence-electron chi connectivity index (χ4n) is 1.22. The minimum absolute atomic E-state index is 0.271. The van der Waals surface area contributed by atoms with Gasteiger partial charge in [0.2, 0.25) is 0 Å². The summed E-state index contributed by atoms with van der Waals surface area (Å²) in [5.41, 5.74) is 0.785. The average molecular weight is 244 g/mol. The third-order valence-corrected chi connectivity index (χ3v) is 3.30. The fourth-order valence-corrected chi connectivity index (χ4v) is 2.16. The number of carbonyl (C=O) groups is 1. The topological polar surface area (TPSA) is 57.5 Å². The number of carboxylic acid groups (broad SMARTS) is 1. The summed E-state index contributed by atoms with van der Waals surface area (Å²) < 4.78 is 12.8. The molecule has 0 saturated heterocycles. The second kappa shape index (κ2) is 5.86. The highest BCUT2D eigenvalue weighted by atomic mass is 32.2. The Morgan fingerprint density at radius 2 is 2.25 bits per heavy atom. The number of hydrogen-bond acceptors (Lipinski definition) is 3. The number of aliphatic hydroxyl groups is 1. The van der Waals surface area contributed by atoms with Crippen LogP contribution in [0, 0.1) is 12.7 Å². The lowest BCUT2D eigenvalue weighted by Gasteiger charge is -2.09. The van der Waals surface area contributed by atoms with Crippen molar-refractivity contribution in [1.29, 1.82) is 0 Å². The summed E-state index contributed by atoms with van der Waals surface area (Å²) in [6.45, 7) is 1.77. The summed E-state index contributed by atoms with van der Waals surface area (Å²) in [4.78, 5) is 11.2. The summed E-state index contributed by atoms with van der Waals surface area (Å²) in [5, 5.41) is 17.8. The SMILES string of the molecule is Cc1cc(F)ccc1SCC(O)CC(=O)O. The summed E-state index contributed by atoms with van der Waals surface area (Å²) in [7, 11) is 0. The van der Waals surface area contributed by atoms with Gasteiger partial charge in [0.15, 0.2) is 0 Å². The van der Waals surface area contributed by atoms with Crippen LogP contribution in [-0.4, -0.2) is 28.0 Å². The minimum Gasteiger partial charge on any atom is -0.481 e. The second-order valence-corrected chi connectivity index (χ2v) is 4.53. The Balaban J connectivity index is 2.51. The maximum Gasteiger partial charge on any atom is 0.306 e. The van der Waals surface area contributed by atoms with Crippen LogP contribution in [0.3, 0.4) is 0 Å². The van der Waals surface area contributed by atoms with E-state index in [0.717, 1.165) is 10.5 Å². The van der Waals surface area contributed by atoms with Crippen molar-refractivity contribution in [2.75, 3.05) is 5.75 Å². The molecule has 0 amide bonds. The molecule has 1 rings (SSSR count). The Hall–Kier alpha value is -1.07. The first-order chi connectivity index (χ1) is 7.49. The van der Waals surface area contributed by atoms with Gasteiger partial charge in [0.25, 0.3) is 0 Å². The number of thioether (sulfide) groups is 1. The molecule has 0 aliphatic carbocycles. The van der Waals surface area contributed by atoms with Crippen molar-refractivity contribution in [2.24, 2.45) is 0 Å². The van der Waals surface area contributed by atoms with Crippen molar-refractivity contribution < 1.29 is 19.4 Å². The molecule has 16 heavy (non-hydrogen) atoms. The van der Waals surface area contributed by atoms with E-state index < -0.39 is 12.1 Å². The van der Waals surface area contributed by atoms with E-state index in [0.29, 0.717) is 5.75 Å². The molecule has 0 saturated carbocycles. The molecule has 5 heteroatoms. The van der Waals surface area contributed by atoms with E-state index in [1.165, 1.54) is 23.9 Å². The zero-order valence-electron chi connectivity index (χ0n) is 8.81. The fraction of sp³-hybridized carbons (Fsp3) is 0.364. The van der Waals surface area contributed by atoms with Crippen LogP contribution >= 0.6 is 11.8 Å². The molecule has 0 aromatic heterocycles. The third kappa shape index (κ3) is 4.20. The van der Waals surface area contributed by atoms with Crippen molar-refractivity contribution in [2.45, 2.75) is 24.3 Å². The minimum atomic E-state index is -1.02. The Morgan fingerprint density at radius 1 is 1.56 bits per heavy atom. The highest BCUT2D eigenvalue weighted by Gasteiger charge is 2.10. The van der Waals surface area contributed by atoms with Gasteiger partial charge in [-0.1, -0.05) is 0 Å². The van der Waals surface area contributed by atoms with E-state index in [4.69, 9.17) is 5.11 Å². The summed E-state index contributed by atoms with van der Waals surface area (Å²) in [5.74, 6) is -1.03. The van der Waals surface area contributed by atoms with E-state index in [-0.39, 0.29) is 12.2 Å². The lowest BCUT2D eigenvalue weighted by Crippen LogP contribution is -2.15. The van der Waals surface area contributed by atoms with Crippen LogP contribution in [0.15, 0.2) is 23.1 Å². The number of rotatable bonds is 5. The van der Waals surface area contributed by atoms with Crippen LogP contribution in [0.1, 0.15) is 12.0 Å². The Kier molecular flexibility index (Phi) is 4.76. The molecule has 0 radical (unpaired) electrons. The Bertz CT molecular complexity index is 381. The lowest BCUT2D eigenvalue weighted by atomic mass is 10.2. The first kappa shape index (κ1) is 13.0. The van der Waals surface area contributed by atoms with Crippen molar-refractivity contribution in [3.05, 3.63) is 29.6 Å². The Labute approximate surface area is 97.3 Å². The first-order valence-electron chi connectivity index (χ1n) is 4.78. The largest absolute Gasteiger partial charge is 0.481 e. The van der Waals surface area contributed by atoms with Crippen LogP contribution < -0.4 is 0 Å². The van der Waals surface area contributed by atoms with Crippen LogP contribution in [0.5, 0.6) is 0 Å². The number of aliphatic hydroxyl groups excluding tert-OH is 1. The van der Waals surface area contributed by atoms with Gasteiger partial charge >= 0.3 is 5.97 Å². The molecule has 1 unspecified atom stereocenters. The second-order valence-electron chi connectivity index (χ2n) is 3.47. The van der Waals surface area contributed by atoms with Crippen LogP contribution in [-0.2, 0) is 4.79 Å². The molecule has 3 nitrogen and oxygen atoms in total. The smallest absolute Gasteiger partial charge is 0.306 e. The van der Waals surface area contributed by atoms with Gasteiger partial charge < -0.3 is 10.2 Å². The quantitative estimate of drug-likeness (QED) is 0.778. The summed E-state index contributed by atoms with van der Waals surface area (Å²) >= 11 is 1.33. The third-order valence-electron chi connectivity index (χ3n) is 1.98. The number of aryl methyl sites for hydroxylation is 1. The molecule has 88 valence electrons. The predicted octanol–water partition coefficient (Wildman–Crippen LogP) is 2.06. The molecule has 1 aromatic carbocycles. The molecule has 2 N–H and O–H groups in total. The summed E-state index contributed by atoms with van der Waals surface area (Å²) in [6, 6.07) is 4.38. The monoisotopic (exact) mass is 244 g/mol. The lowest BCUT2D eigenvalue weighted by molar-refractivity contribution is -0.138. The van der Waals surface area contributed by atoms with E-state index in [2.05, 4.69) is 0 Å². The molecule has 0 spiro atoms. The molecule has 1 atom stereocenters. The maximum absolute atomic E-state index is 12.8. The molecular formula is C11H13FO3S. The molecule has 0 fully saturated rings. The van der Waals surface area contributed by atoms with Gasteiger partial charge in [0.05, 0.1) is 12.5 Å². The van der Waals surface area contributed by atoms with Gasteiger partial charge in [-0.05, 0) is 30.7 Å². The first-order valence-corrected chi connectivity index (χ1v) is 5.76. The van der Waals surface area contributed by atoms with Crippen molar-refractivity contribution in [3.63, 3.8) is 0 Å². The van der Waals surface area contributed by atoms with E-state index in [1.807, 2.05) is 0 Å². The molecule has 0 heterocycles. The number of hydrogen-bond donors (Lipinski definition) is 2. The summed E-state index contributed by atoms with van der Waals surface area (Å²) in [6.07, 6.45) is -1.15. The van der Waals surface area contributed by atoms with Crippen LogP contribution in [0.2, 0.25) is 0 Å². The Morgan fingerprint density at radius 3 is 2.81 bits per heavy atom. The van der Waals surface area contributed by atoms with Gasteiger partial charge in [-0.25, -0.2) is 4.39 Å². The zero-order chi connectivity index (χ0) is 12.1. The van der Waals surface area contributed by atoms with E-state index in [1.54, 1.807) is 13.0 Å². The normalized spacial score (nSPS) is 12.4. The number of aliphatic carboxylic acids is 1. The zero-order valence-corrected chi connectivity index (χ0v) is 9.63. The average Bonchev–Trinajstić information content (AvgIpc) is 2.15. The van der Waals surface area contributed by atoms with Crippen molar-refractivity contribution >= 4 is 17.7 Å². The highest BCUT2D eigenvalue weighted by molar-refractivity contribution is 7.99. The van der Waals surface area contributed by atoms with Gasteiger partial charge in [0, 0.05) is 10.6 Å². The van der Waals surface area contributed by atoms with Gasteiger partial charge in [-0.3, -0.25) is 4.79 Å². The van der Waals surface area contributed by atoms with Gasteiger partial charge in [0.1, 0.15) is 5.82 Å². The van der Waals surface area contributed by atoms with Gasteiger partial charge in [-0.2, -0.15) is 0 Å². The van der Waals surface area contributed by atoms with Crippen LogP contribution in [0.25, 0.3) is 0 Å². The molecule has 0 aliphatic heterocycles. The van der Waals surface area contributed by atoms with Crippen LogP contribution in [0.4, 0.5) is 4.39 Å². The standard InChI is InChI=1S/C11H13FO3S/c1-7-4-8(12)2-3-10(7)16-6-9(13)5-11(14)15/h2-4,9,13H,5-6H2,1H3,(H,14,15). The van der Waals surface area contributed by atoms with E-state index >= 15 is 0 Å². The molecular weight excluding hydrogens is 231 g/mol. The number of carboxylic acids is 1. The van der Waals surface area contributed by atoms with Gasteiger partial charge in [-0.15, -0.1) is 11.8 Å². The molecule has 1 aromatic rings. The predicted molar refractivity (Wildman–Crippen MR) is 60.1 cm³/mol. The van der Waals surface area contributed by atoms with E-state index in [9.17, 15) is 14.3 Å². The highest BCUT2D eigenvalue weighted by Crippen LogP contribution is 2.24. The number of benzene rings is 1. The van der Waals surface area contributed by atoms with Crippen molar-refractivity contribution in [1.82, 2.24) is 0 Å². The maximum atomic E-state index is 12.8. The van der Waals surface area contributed by atoms with Crippen molar-refractivity contribution in [3.8, 4) is 0 Å². The number of halogens is 1. The molecule has 0 bridgehead atoms. The molecule has 0 aliphatic rings.